The Morgan fingerprint density at radius 2 is 2.00 bits per heavy atom. The van der Waals surface area contributed by atoms with Gasteiger partial charge in [0.05, 0.1) is 17.7 Å². The second-order valence-corrected chi connectivity index (χ2v) is 6.56. The fraction of sp³-hybridized carbons (Fsp3) is 0.588. The van der Waals surface area contributed by atoms with E-state index in [4.69, 9.17) is 10.00 Å². The SMILES string of the molecule is CC1(C)Oc2cc(C#N)ccc2[C@@H](N2CCCCC2)[C@@H]1O. The van der Waals surface area contributed by atoms with Gasteiger partial charge in [-0.25, -0.2) is 0 Å². The van der Waals surface area contributed by atoms with Crippen LogP contribution >= 0.6 is 0 Å². The molecule has 2 atom stereocenters. The monoisotopic (exact) mass is 286 g/mol. The second-order valence-electron chi connectivity index (χ2n) is 6.56. The third-order valence-corrected chi connectivity index (χ3v) is 4.63. The summed E-state index contributed by atoms with van der Waals surface area (Å²) in [7, 11) is 0. The van der Waals surface area contributed by atoms with E-state index in [-0.39, 0.29) is 6.04 Å². The molecule has 4 heteroatoms. The molecule has 0 saturated carbocycles. The zero-order valence-electron chi connectivity index (χ0n) is 12.7. The van der Waals surface area contributed by atoms with E-state index in [0.717, 1.165) is 24.4 Å². The Bertz CT molecular complexity index is 571. The molecule has 1 N–H and O–H groups in total. The number of likely N-dealkylation sites (tertiary alicyclic amines) is 1. The number of nitrogens with zero attached hydrogens (tertiary/aromatic N) is 2. The van der Waals surface area contributed by atoms with Crippen LogP contribution in [0.25, 0.3) is 0 Å². The van der Waals surface area contributed by atoms with Gasteiger partial charge in [-0.3, -0.25) is 4.90 Å². The normalized spacial score (nSPS) is 28.3. The van der Waals surface area contributed by atoms with E-state index in [0.29, 0.717) is 5.56 Å². The average molecular weight is 286 g/mol. The highest BCUT2D eigenvalue weighted by Crippen LogP contribution is 2.43. The molecule has 2 aliphatic heterocycles. The molecule has 112 valence electrons. The Morgan fingerprint density at radius 3 is 2.67 bits per heavy atom. The van der Waals surface area contributed by atoms with Crippen LogP contribution in [-0.2, 0) is 0 Å². The van der Waals surface area contributed by atoms with E-state index >= 15 is 0 Å². The minimum Gasteiger partial charge on any atom is -0.485 e. The first-order valence-corrected chi connectivity index (χ1v) is 7.68. The molecule has 1 aromatic carbocycles. The van der Waals surface area contributed by atoms with Gasteiger partial charge in [0.25, 0.3) is 0 Å². The average Bonchev–Trinajstić information content (AvgIpc) is 2.48. The summed E-state index contributed by atoms with van der Waals surface area (Å²) in [4.78, 5) is 2.36. The summed E-state index contributed by atoms with van der Waals surface area (Å²) < 4.78 is 5.97. The topological polar surface area (TPSA) is 56.5 Å². The predicted molar refractivity (Wildman–Crippen MR) is 80.0 cm³/mol. The van der Waals surface area contributed by atoms with Crippen LogP contribution in [0.5, 0.6) is 5.75 Å². The molecule has 4 nitrogen and oxygen atoms in total. The smallest absolute Gasteiger partial charge is 0.131 e. The predicted octanol–water partition coefficient (Wildman–Crippen LogP) is 2.62. The van der Waals surface area contributed by atoms with Gasteiger partial charge in [-0.2, -0.15) is 5.26 Å². The lowest BCUT2D eigenvalue weighted by molar-refractivity contribution is -0.0961. The van der Waals surface area contributed by atoms with Crippen molar-refractivity contribution in [2.75, 3.05) is 13.1 Å². The van der Waals surface area contributed by atoms with Crippen LogP contribution in [-0.4, -0.2) is 34.8 Å². The maximum absolute atomic E-state index is 10.8. The third-order valence-electron chi connectivity index (χ3n) is 4.63. The van der Waals surface area contributed by atoms with Crippen LogP contribution < -0.4 is 4.74 Å². The molecule has 0 unspecified atom stereocenters. The second kappa shape index (κ2) is 5.32. The lowest BCUT2D eigenvalue weighted by Crippen LogP contribution is -2.54. The maximum atomic E-state index is 10.8. The summed E-state index contributed by atoms with van der Waals surface area (Å²) in [6.45, 7) is 5.85. The summed E-state index contributed by atoms with van der Waals surface area (Å²) in [5.74, 6) is 0.736. The van der Waals surface area contributed by atoms with E-state index in [1.807, 2.05) is 26.0 Å². The molecule has 0 aliphatic carbocycles. The molecule has 2 heterocycles. The number of piperidine rings is 1. The van der Waals surface area contributed by atoms with E-state index in [1.165, 1.54) is 19.3 Å². The summed E-state index contributed by atoms with van der Waals surface area (Å²) in [6, 6.07) is 7.65. The van der Waals surface area contributed by atoms with Crippen LogP contribution in [0.1, 0.15) is 50.3 Å². The molecule has 0 spiro atoms. The van der Waals surface area contributed by atoms with Gasteiger partial charge in [-0.15, -0.1) is 0 Å². The first-order chi connectivity index (χ1) is 10.0. The largest absolute Gasteiger partial charge is 0.485 e. The number of benzene rings is 1. The van der Waals surface area contributed by atoms with Crippen molar-refractivity contribution in [3.8, 4) is 11.8 Å². The Kier molecular flexibility index (Phi) is 3.64. The third kappa shape index (κ3) is 2.52. The van der Waals surface area contributed by atoms with Crippen molar-refractivity contribution in [1.29, 1.82) is 5.26 Å². The molecule has 2 aliphatic rings. The number of hydrogen-bond donors (Lipinski definition) is 1. The quantitative estimate of drug-likeness (QED) is 0.862. The van der Waals surface area contributed by atoms with E-state index in [2.05, 4.69) is 11.0 Å². The van der Waals surface area contributed by atoms with Gasteiger partial charge in [0.1, 0.15) is 17.5 Å². The zero-order valence-corrected chi connectivity index (χ0v) is 12.7. The fourth-order valence-electron chi connectivity index (χ4n) is 3.42. The van der Waals surface area contributed by atoms with Gasteiger partial charge in [0.2, 0.25) is 0 Å². The Morgan fingerprint density at radius 1 is 1.29 bits per heavy atom. The van der Waals surface area contributed by atoms with Gasteiger partial charge in [0.15, 0.2) is 0 Å². The van der Waals surface area contributed by atoms with Crippen molar-refractivity contribution in [3.05, 3.63) is 29.3 Å². The molecule has 21 heavy (non-hydrogen) atoms. The first-order valence-electron chi connectivity index (χ1n) is 7.68. The van der Waals surface area contributed by atoms with Crippen molar-refractivity contribution in [2.24, 2.45) is 0 Å². The molecule has 0 bridgehead atoms. The lowest BCUT2D eigenvalue weighted by Gasteiger charge is -2.47. The number of fused-ring (bicyclic) bond motifs is 1. The number of aliphatic hydroxyl groups excluding tert-OH is 1. The van der Waals surface area contributed by atoms with Crippen molar-refractivity contribution in [1.82, 2.24) is 4.90 Å². The molecule has 0 radical (unpaired) electrons. The first kappa shape index (κ1) is 14.4. The highest BCUT2D eigenvalue weighted by molar-refractivity contribution is 5.46. The van der Waals surface area contributed by atoms with Crippen LogP contribution in [0.3, 0.4) is 0 Å². The highest BCUT2D eigenvalue weighted by Gasteiger charge is 2.45. The minimum atomic E-state index is -0.650. The standard InChI is InChI=1S/C17H22N2O2/c1-17(2)16(20)15(19-8-4-3-5-9-19)13-7-6-12(11-18)10-14(13)21-17/h6-7,10,15-16,20H,3-5,8-9H2,1-2H3/t15-,16+/m1/s1. The number of ether oxygens (including phenoxy) is 1. The van der Waals surface area contributed by atoms with Crippen molar-refractivity contribution in [2.45, 2.75) is 50.9 Å². The van der Waals surface area contributed by atoms with E-state index in [1.54, 1.807) is 6.07 Å². The van der Waals surface area contributed by atoms with E-state index < -0.39 is 11.7 Å². The maximum Gasteiger partial charge on any atom is 0.131 e. The zero-order chi connectivity index (χ0) is 15.0. The number of hydrogen-bond acceptors (Lipinski definition) is 4. The molecule has 1 aromatic rings. The highest BCUT2D eigenvalue weighted by atomic mass is 16.5. The molecular weight excluding hydrogens is 264 g/mol. The lowest BCUT2D eigenvalue weighted by atomic mass is 9.84. The molecule has 0 amide bonds. The molecule has 0 aromatic heterocycles. The van der Waals surface area contributed by atoms with Crippen LogP contribution in [0, 0.1) is 11.3 Å². The minimum absolute atomic E-state index is 0.0446. The molecular formula is C17H22N2O2. The summed E-state index contributed by atoms with van der Waals surface area (Å²) in [5, 5.41) is 19.9. The Balaban J connectivity index is 2.04. The summed E-state index contributed by atoms with van der Waals surface area (Å²) >= 11 is 0. The van der Waals surface area contributed by atoms with Gasteiger partial charge in [0, 0.05) is 5.56 Å². The Labute approximate surface area is 125 Å². The van der Waals surface area contributed by atoms with Crippen molar-refractivity contribution >= 4 is 0 Å². The number of rotatable bonds is 1. The molecule has 1 fully saturated rings. The van der Waals surface area contributed by atoms with Crippen molar-refractivity contribution in [3.63, 3.8) is 0 Å². The van der Waals surface area contributed by atoms with Gasteiger partial charge >= 0.3 is 0 Å². The fourth-order valence-corrected chi connectivity index (χ4v) is 3.42. The van der Waals surface area contributed by atoms with Crippen LogP contribution in [0.15, 0.2) is 18.2 Å². The van der Waals surface area contributed by atoms with E-state index in [9.17, 15) is 5.11 Å². The van der Waals surface area contributed by atoms with Gasteiger partial charge < -0.3 is 9.84 Å². The van der Waals surface area contributed by atoms with Gasteiger partial charge in [-0.1, -0.05) is 12.5 Å². The van der Waals surface area contributed by atoms with Crippen molar-refractivity contribution < 1.29 is 9.84 Å². The number of nitriles is 1. The summed E-state index contributed by atoms with van der Waals surface area (Å²) in [5.41, 5.74) is 0.949. The van der Waals surface area contributed by atoms with Gasteiger partial charge in [-0.05, 0) is 51.9 Å². The molecule has 1 saturated heterocycles. The summed E-state index contributed by atoms with van der Waals surface area (Å²) in [6.07, 6.45) is 3.04. The number of aliphatic hydroxyl groups is 1. The molecule has 3 rings (SSSR count). The Hall–Kier alpha value is -1.57. The van der Waals surface area contributed by atoms with Crippen LogP contribution in [0.2, 0.25) is 0 Å². The van der Waals surface area contributed by atoms with Crippen LogP contribution in [0.4, 0.5) is 0 Å².